The molecule has 0 bridgehead atoms. The molecule has 0 aromatic heterocycles. The lowest BCUT2D eigenvalue weighted by Crippen LogP contribution is -2.26. The van der Waals surface area contributed by atoms with Crippen molar-refractivity contribution in [3.63, 3.8) is 0 Å². The maximum Gasteiger partial charge on any atom is 0.305 e. The number of carbonyl (C=O) groups excluding carboxylic acids is 1. The molecular formula is C12H24O3. The standard InChI is InChI=1S/C12H24O3/c1-10(2)7-9-15-12(3,4)8-6-11(13)14-5/h10H,6-9H2,1-5H3. The van der Waals surface area contributed by atoms with Gasteiger partial charge in [0.1, 0.15) is 0 Å². The van der Waals surface area contributed by atoms with Gasteiger partial charge in [0.2, 0.25) is 0 Å². The van der Waals surface area contributed by atoms with Crippen molar-refractivity contribution in [2.75, 3.05) is 13.7 Å². The molecule has 3 heteroatoms. The molecule has 0 spiro atoms. The van der Waals surface area contributed by atoms with Crippen molar-refractivity contribution >= 4 is 5.97 Å². The predicted molar refractivity (Wildman–Crippen MR) is 60.7 cm³/mol. The first-order valence-electron chi connectivity index (χ1n) is 5.58. The minimum atomic E-state index is -0.233. The number of hydrogen-bond acceptors (Lipinski definition) is 3. The summed E-state index contributed by atoms with van der Waals surface area (Å²) >= 11 is 0. The molecule has 90 valence electrons. The average Bonchev–Trinajstić information content (AvgIpc) is 2.13. The first-order chi connectivity index (χ1) is 6.87. The van der Waals surface area contributed by atoms with Gasteiger partial charge in [0, 0.05) is 13.0 Å². The third-order valence-corrected chi connectivity index (χ3v) is 2.35. The summed E-state index contributed by atoms with van der Waals surface area (Å²) in [6, 6.07) is 0. The summed E-state index contributed by atoms with van der Waals surface area (Å²) in [5.41, 5.74) is -0.233. The maximum atomic E-state index is 11.0. The highest BCUT2D eigenvalue weighted by molar-refractivity contribution is 5.69. The van der Waals surface area contributed by atoms with E-state index in [9.17, 15) is 4.79 Å². The van der Waals surface area contributed by atoms with Gasteiger partial charge < -0.3 is 9.47 Å². The first kappa shape index (κ1) is 14.4. The van der Waals surface area contributed by atoms with E-state index in [0.29, 0.717) is 18.8 Å². The third kappa shape index (κ3) is 8.43. The topological polar surface area (TPSA) is 35.5 Å². The molecule has 0 aliphatic rings. The van der Waals surface area contributed by atoms with E-state index in [1.807, 2.05) is 13.8 Å². The highest BCUT2D eigenvalue weighted by Crippen LogP contribution is 2.18. The Morgan fingerprint density at radius 1 is 1.33 bits per heavy atom. The summed E-state index contributed by atoms with van der Waals surface area (Å²) in [5, 5.41) is 0. The molecule has 0 aromatic rings. The van der Waals surface area contributed by atoms with E-state index in [2.05, 4.69) is 18.6 Å². The van der Waals surface area contributed by atoms with Crippen molar-refractivity contribution in [1.82, 2.24) is 0 Å². The van der Waals surface area contributed by atoms with Crippen molar-refractivity contribution in [2.45, 2.75) is 52.6 Å². The molecule has 0 radical (unpaired) electrons. The molecule has 0 unspecified atom stereocenters. The van der Waals surface area contributed by atoms with E-state index >= 15 is 0 Å². The highest BCUT2D eigenvalue weighted by Gasteiger charge is 2.19. The minimum absolute atomic E-state index is 0.171. The van der Waals surface area contributed by atoms with Crippen LogP contribution >= 0.6 is 0 Å². The van der Waals surface area contributed by atoms with E-state index in [1.54, 1.807) is 0 Å². The van der Waals surface area contributed by atoms with Crippen LogP contribution in [-0.4, -0.2) is 25.3 Å². The lowest BCUT2D eigenvalue weighted by atomic mass is 10.0. The number of rotatable bonds is 7. The minimum Gasteiger partial charge on any atom is -0.469 e. The molecule has 0 saturated heterocycles. The molecule has 0 aromatic carbocycles. The molecule has 0 aliphatic carbocycles. The Morgan fingerprint density at radius 3 is 2.40 bits per heavy atom. The monoisotopic (exact) mass is 216 g/mol. The summed E-state index contributed by atoms with van der Waals surface area (Å²) in [5.74, 6) is 0.483. The number of esters is 1. The Balaban J connectivity index is 3.71. The molecule has 0 fully saturated rings. The summed E-state index contributed by atoms with van der Waals surface area (Å²) in [7, 11) is 1.41. The van der Waals surface area contributed by atoms with Crippen LogP contribution in [0.1, 0.15) is 47.0 Å². The van der Waals surface area contributed by atoms with Crippen LogP contribution in [0, 0.1) is 5.92 Å². The zero-order valence-corrected chi connectivity index (χ0v) is 10.6. The summed E-state index contributed by atoms with van der Waals surface area (Å²) in [4.78, 5) is 11.0. The van der Waals surface area contributed by atoms with Gasteiger partial charge in [-0.3, -0.25) is 4.79 Å². The third-order valence-electron chi connectivity index (χ3n) is 2.35. The predicted octanol–water partition coefficient (Wildman–Crippen LogP) is 2.78. The zero-order valence-electron chi connectivity index (χ0n) is 10.6. The second-order valence-corrected chi connectivity index (χ2v) is 4.87. The second-order valence-electron chi connectivity index (χ2n) is 4.87. The molecule has 0 rings (SSSR count). The van der Waals surface area contributed by atoms with Crippen LogP contribution in [0.25, 0.3) is 0 Å². The van der Waals surface area contributed by atoms with Crippen molar-refractivity contribution in [2.24, 2.45) is 5.92 Å². The Morgan fingerprint density at radius 2 is 1.93 bits per heavy atom. The quantitative estimate of drug-likeness (QED) is 0.614. The lowest BCUT2D eigenvalue weighted by molar-refractivity contribution is -0.142. The van der Waals surface area contributed by atoms with Gasteiger partial charge in [0.05, 0.1) is 12.7 Å². The zero-order chi connectivity index (χ0) is 11.9. The van der Waals surface area contributed by atoms with Gasteiger partial charge >= 0.3 is 5.97 Å². The number of carbonyl (C=O) groups is 1. The van der Waals surface area contributed by atoms with Gasteiger partial charge in [-0.25, -0.2) is 0 Å². The number of methoxy groups -OCH3 is 1. The van der Waals surface area contributed by atoms with E-state index in [-0.39, 0.29) is 11.6 Å². The van der Waals surface area contributed by atoms with Crippen molar-refractivity contribution < 1.29 is 14.3 Å². The van der Waals surface area contributed by atoms with Gasteiger partial charge in [0.15, 0.2) is 0 Å². The molecule has 0 aliphatic heterocycles. The van der Waals surface area contributed by atoms with Crippen molar-refractivity contribution in [1.29, 1.82) is 0 Å². The normalized spacial score (nSPS) is 11.9. The van der Waals surface area contributed by atoms with Crippen LogP contribution in [0.5, 0.6) is 0 Å². The van der Waals surface area contributed by atoms with Crippen LogP contribution in [0.2, 0.25) is 0 Å². The van der Waals surface area contributed by atoms with Crippen LogP contribution < -0.4 is 0 Å². The van der Waals surface area contributed by atoms with E-state index in [1.165, 1.54) is 7.11 Å². The van der Waals surface area contributed by atoms with Crippen LogP contribution in [0.15, 0.2) is 0 Å². The molecule has 0 saturated carbocycles. The van der Waals surface area contributed by atoms with Crippen LogP contribution in [0.3, 0.4) is 0 Å². The molecule has 0 N–H and O–H groups in total. The van der Waals surface area contributed by atoms with Crippen molar-refractivity contribution in [3.05, 3.63) is 0 Å². The second kappa shape index (κ2) is 6.83. The largest absolute Gasteiger partial charge is 0.469 e. The smallest absolute Gasteiger partial charge is 0.305 e. The van der Waals surface area contributed by atoms with E-state index in [4.69, 9.17) is 4.74 Å². The van der Waals surface area contributed by atoms with Gasteiger partial charge in [0.25, 0.3) is 0 Å². The summed E-state index contributed by atoms with van der Waals surface area (Å²) in [6.45, 7) is 9.12. The van der Waals surface area contributed by atoms with Gasteiger partial charge in [-0.1, -0.05) is 13.8 Å². The molecule has 0 heterocycles. The Bertz CT molecular complexity index is 185. The van der Waals surface area contributed by atoms with E-state index in [0.717, 1.165) is 13.0 Å². The Labute approximate surface area is 93.1 Å². The SMILES string of the molecule is COC(=O)CCC(C)(C)OCCC(C)C. The van der Waals surface area contributed by atoms with Gasteiger partial charge in [-0.15, -0.1) is 0 Å². The Hall–Kier alpha value is -0.570. The molecule has 3 nitrogen and oxygen atoms in total. The molecular weight excluding hydrogens is 192 g/mol. The molecule has 15 heavy (non-hydrogen) atoms. The van der Waals surface area contributed by atoms with Crippen LogP contribution in [-0.2, 0) is 14.3 Å². The Kier molecular flexibility index (Phi) is 6.57. The van der Waals surface area contributed by atoms with Crippen molar-refractivity contribution in [3.8, 4) is 0 Å². The number of ether oxygens (including phenoxy) is 2. The maximum absolute atomic E-state index is 11.0. The summed E-state index contributed by atoms with van der Waals surface area (Å²) in [6.07, 6.45) is 2.19. The highest BCUT2D eigenvalue weighted by atomic mass is 16.5. The van der Waals surface area contributed by atoms with E-state index < -0.39 is 0 Å². The van der Waals surface area contributed by atoms with Gasteiger partial charge in [-0.05, 0) is 32.6 Å². The first-order valence-corrected chi connectivity index (χ1v) is 5.58. The molecule has 0 atom stereocenters. The fraction of sp³-hybridized carbons (Fsp3) is 0.917. The van der Waals surface area contributed by atoms with Gasteiger partial charge in [-0.2, -0.15) is 0 Å². The lowest BCUT2D eigenvalue weighted by Gasteiger charge is -2.25. The fourth-order valence-electron chi connectivity index (χ4n) is 1.15. The van der Waals surface area contributed by atoms with Crippen LogP contribution in [0.4, 0.5) is 0 Å². The molecule has 0 amide bonds. The fourth-order valence-corrected chi connectivity index (χ4v) is 1.15. The number of hydrogen-bond donors (Lipinski definition) is 0. The average molecular weight is 216 g/mol. The summed E-state index contributed by atoms with van der Waals surface area (Å²) < 4.78 is 10.3.